The van der Waals surface area contributed by atoms with E-state index in [0.29, 0.717) is 6.04 Å². The molecule has 1 aromatic heterocycles. The quantitative estimate of drug-likeness (QED) is 0.865. The molecule has 3 rings (SSSR count). The molecule has 0 amide bonds. The predicted molar refractivity (Wildman–Crippen MR) is 73.6 cm³/mol. The first kappa shape index (κ1) is 12.3. The Balaban J connectivity index is 1.64. The smallest absolute Gasteiger partial charge is 0.108 e. The third-order valence-corrected chi connectivity index (χ3v) is 4.85. The van der Waals surface area contributed by atoms with Gasteiger partial charge in [-0.15, -0.1) is 0 Å². The molecule has 2 nitrogen and oxygen atoms in total. The first-order valence-corrected chi connectivity index (χ1v) is 7.69. The minimum Gasteiger partial charge on any atom is -0.469 e. The molecule has 1 fully saturated rings. The number of hydrogen-bond donors (Lipinski definition) is 1. The molecule has 1 N–H and O–H groups in total. The van der Waals surface area contributed by atoms with E-state index < -0.39 is 0 Å². The average molecular weight is 247 g/mol. The minimum absolute atomic E-state index is 0.549. The fraction of sp³-hybridized carbons (Fsp3) is 0.750. The van der Waals surface area contributed by atoms with E-state index in [1.165, 1.54) is 56.3 Å². The van der Waals surface area contributed by atoms with Crippen molar-refractivity contribution >= 4 is 0 Å². The van der Waals surface area contributed by atoms with E-state index in [-0.39, 0.29) is 0 Å². The lowest BCUT2D eigenvalue weighted by Gasteiger charge is -2.33. The first-order chi connectivity index (χ1) is 8.86. The third kappa shape index (κ3) is 2.49. The van der Waals surface area contributed by atoms with Gasteiger partial charge in [0.15, 0.2) is 0 Å². The molecule has 0 aliphatic heterocycles. The van der Waals surface area contributed by atoms with Crippen LogP contribution < -0.4 is 5.32 Å². The van der Waals surface area contributed by atoms with Crippen LogP contribution in [0.15, 0.2) is 16.7 Å². The molecule has 2 heteroatoms. The van der Waals surface area contributed by atoms with Gasteiger partial charge in [-0.1, -0.05) is 26.2 Å². The van der Waals surface area contributed by atoms with E-state index in [4.69, 9.17) is 4.42 Å². The van der Waals surface area contributed by atoms with Gasteiger partial charge in [0.2, 0.25) is 0 Å². The normalized spacial score (nSPS) is 32.2. The second-order valence-electron chi connectivity index (χ2n) is 6.05. The van der Waals surface area contributed by atoms with E-state index in [2.05, 4.69) is 18.3 Å². The second-order valence-corrected chi connectivity index (χ2v) is 6.05. The molecule has 0 spiro atoms. The Kier molecular flexibility index (Phi) is 3.74. The first-order valence-electron chi connectivity index (χ1n) is 7.69. The molecule has 0 saturated heterocycles. The molecule has 100 valence electrons. The maximum atomic E-state index is 5.58. The Morgan fingerprint density at radius 2 is 2.22 bits per heavy atom. The van der Waals surface area contributed by atoms with Crippen molar-refractivity contribution in [3.63, 3.8) is 0 Å². The lowest BCUT2D eigenvalue weighted by atomic mass is 9.83. The zero-order valence-corrected chi connectivity index (χ0v) is 11.5. The van der Waals surface area contributed by atoms with Gasteiger partial charge >= 0.3 is 0 Å². The second kappa shape index (κ2) is 5.48. The highest BCUT2D eigenvalue weighted by molar-refractivity contribution is 5.24. The Bertz CT molecular complexity index is 384. The van der Waals surface area contributed by atoms with Crippen molar-refractivity contribution in [2.45, 2.75) is 70.4 Å². The van der Waals surface area contributed by atoms with Crippen LogP contribution >= 0.6 is 0 Å². The number of rotatable bonds is 3. The molecule has 0 radical (unpaired) electrons. The summed E-state index contributed by atoms with van der Waals surface area (Å²) in [5.74, 6) is 2.17. The summed E-state index contributed by atoms with van der Waals surface area (Å²) in [7, 11) is 0. The molecule has 1 aromatic rings. The van der Waals surface area contributed by atoms with Gasteiger partial charge in [-0.2, -0.15) is 0 Å². The van der Waals surface area contributed by atoms with Gasteiger partial charge in [-0.05, 0) is 37.7 Å². The molecule has 0 aromatic carbocycles. The van der Waals surface area contributed by atoms with Crippen LogP contribution in [0.5, 0.6) is 0 Å². The molecule has 1 saturated carbocycles. The molecule has 2 aliphatic carbocycles. The monoisotopic (exact) mass is 247 g/mol. The molecule has 3 atom stereocenters. The Hall–Kier alpha value is -0.760. The molecule has 18 heavy (non-hydrogen) atoms. The Labute approximate surface area is 110 Å². The van der Waals surface area contributed by atoms with Gasteiger partial charge < -0.3 is 9.73 Å². The topological polar surface area (TPSA) is 25.2 Å². The summed E-state index contributed by atoms with van der Waals surface area (Å²) in [6.45, 7) is 2.34. The summed E-state index contributed by atoms with van der Waals surface area (Å²) in [5.41, 5.74) is 1.43. The van der Waals surface area contributed by atoms with Crippen molar-refractivity contribution in [2.24, 2.45) is 5.92 Å². The predicted octanol–water partition coefficient (Wildman–Crippen LogP) is 4.22. The van der Waals surface area contributed by atoms with Crippen molar-refractivity contribution in [1.29, 1.82) is 0 Å². The summed E-state index contributed by atoms with van der Waals surface area (Å²) in [5, 5.41) is 3.90. The number of nitrogens with one attached hydrogen (secondary N) is 1. The fourth-order valence-electron chi connectivity index (χ4n) is 3.76. The van der Waals surface area contributed by atoms with Crippen LogP contribution in [0.4, 0.5) is 0 Å². The summed E-state index contributed by atoms with van der Waals surface area (Å²) in [6, 6.07) is 3.45. The maximum Gasteiger partial charge on any atom is 0.108 e. The Morgan fingerprint density at radius 3 is 3.11 bits per heavy atom. The molecular weight excluding hydrogens is 222 g/mol. The van der Waals surface area contributed by atoms with Gasteiger partial charge in [-0.25, -0.2) is 0 Å². The van der Waals surface area contributed by atoms with Gasteiger partial charge in [0.25, 0.3) is 0 Å². The van der Waals surface area contributed by atoms with E-state index >= 15 is 0 Å². The van der Waals surface area contributed by atoms with Crippen molar-refractivity contribution in [3.8, 4) is 0 Å². The zero-order valence-electron chi connectivity index (χ0n) is 11.5. The van der Waals surface area contributed by atoms with Crippen molar-refractivity contribution in [2.75, 3.05) is 0 Å². The van der Waals surface area contributed by atoms with Crippen LogP contribution in [0.3, 0.4) is 0 Å². The minimum atomic E-state index is 0.549. The SMILES string of the molecule is CCC1CCCC(NC2CCCc3occc32)C1. The molecule has 0 bridgehead atoms. The van der Waals surface area contributed by atoms with Gasteiger partial charge in [0.1, 0.15) is 5.76 Å². The lowest BCUT2D eigenvalue weighted by molar-refractivity contribution is 0.252. The van der Waals surface area contributed by atoms with E-state index in [0.717, 1.165) is 18.4 Å². The van der Waals surface area contributed by atoms with Crippen LogP contribution in [0.1, 0.15) is 69.2 Å². The number of aryl methyl sites for hydroxylation is 1. The summed E-state index contributed by atoms with van der Waals surface area (Å²) < 4.78 is 5.58. The number of fused-ring (bicyclic) bond motifs is 1. The van der Waals surface area contributed by atoms with E-state index in [9.17, 15) is 0 Å². The highest BCUT2D eigenvalue weighted by atomic mass is 16.3. The molecular formula is C16H25NO. The van der Waals surface area contributed by atoms with Crippen LogP contribution in [0.25, 0.3) is 0 Å². The third-order valence-electron chi connectivity index (χ3n) is 4.85. The lowest BCUT2D eigenvalue weighted by Crippen LogP contribution is -2.37. The number of hydrogen-bond acceptors (Lipinski definition) is 2. The van der Waals surface area contributed by atoms with E-state index in [1.807, 2.05) is 6.26 Å². The van der Waals surface area contributed by atoms with Crippen LogP contribution in [-0.4, -0.2) is 6.04 Å². The van der Waals surface area contributed by atoms with Crippen LogP contribution in [0, 0.1) is 5.92 Å². The molecule has 2 aliphatic rings. The van der Waals surface area contributed by atoms with Gasteiger partial charge in [0.05, 0.1) is 6.26 Å². The standard InChI is InChI=1S/C16H25NO/c1-2-12-5-3-6-13(11-12)17-15-7-4-8-16-14(15)9-10-18-16/h9-10,12-13,15,17H,2-8,11H2,1H3. The van der Waals surface area contributed by atoms with Crippen molar-refractivity contribution < 1.29 is 4.42 Å². The van der Waals surface area contributed by atoms with E-state index in [1.54, 1.807) is 0 Å². The highest BCUT2D eigenvalue weighted by Gasteiger charge is 2.27. The van der Waals surface area contributed by atoms with Gasteiger partial charge in [0, 0.05) is 24.1 Å². The van der Waals surface area contributed by atoms with Crippen molar-refractivity contribution in [3.05, 3.63) is 23.7 Å². The number of furan rings is 1. The Morgan fingerprint density at radius 1 is 1.28 bits per heavy atom. The van der Waals surface area contributed by atoms with Gasteiger partial charge in [-0.3, -0.25) is 0 Å². The zero-order chi connectivity index (χ0) is 12.4. The summed E-state index contributed by atoms with van der Waals surface area (Å²) in [4.78, 5) is 0. The molecule has 1 heterocycles. The molecule has 3 unspecified atom stereocenters. The highest BCUT2D eigenvalue weighted by Crippen LogP contribution is 2.33. The average Bonchev–Trinajstić information content (AvgIpc) is 2.88. The van der Waals surface area contributed by atoms with Crippen molar-refractivity contribution in [1.82, 2.24) is 5.32 Å². The largest absolute Gasteiger partial charge is 0.469 e. The fourth-order valence-corrected chi connectivity index (χ4v) is 3.76. The summed E-state index contributed by atoms with van der Waals surface area (Å²) in [6.07, 6.45) is 12.5. The maximum absolute atomic E-state index is 5.58. The van der Waals surface area contributed by atoms with Crippen LogP contribution in [-0.2, 0) is 6.42 Å². The summed E-state index contributed by atoms with van der Waals surface area (Å²) >= 11 is 0. The van der Waals surface area contributed by atoms with Crippen LogP contribution in [0.2, 0.25) is 0 Å².